The molecule has 0 radical (unpaired) electrons. The third-order valence-corrected chi connectivity index (χ3v) is 3.92. The molecular weight excluding hydrogens is 270 g/mol. The molecule has 21 heavy (non-hydrogen) atoms. The van der Waals surface area contributed by atoms with Crippen molar-refractivity contribution >= 4 is 11.8 Å². The van der Waals surface area contributed by atoms with Crippen molar-refractivity contribution in [2.45, 2.75) is 19.3 Å². The van der Waals surface area contributed by atoms with Crippen molar-refractivity contribution in [3.8, 4) is 5.75 Å². The number of piperidine rings is 1. The minimum atomic E-state index is -0.735. The van der Waals surface area contributed by atoms with Crippen LogP contribution in [0.5, 0.6) is 5.75 Å². The number of carbonyl (C=O) groups excluding carboxylic acids is 1. The number of carboxylic acid groups (broad SMARTS) is 1. The second-order valence-electron chi connectivity index (χ2n) is 5.38. The first-order valence-corrected chi connectivity index (χ1v) is 7.22. The Balaban J connectivity index is 1.84. The van der Waals surface area contributed by atoms with Gasteiger partial charge in [0, 0.05) is 25.1 Å². The van der Waals surface area contributed by atoms with Crippen LogP contribution in [0.2, 0.25) is 0 Å². The zero-order valence-electron chi connectivity index (χ0n) is 12.2. The average molecular weight is 291 g/mol. The third kappa shape index (κ3) is 4.29. The van der Waals surface area contributed by atoms with Gasteiger partial charge in [0.05, 0.1) is 13.0 Å². The Bertz CT molecular complexity index is 498. The fourth-order valence-electron chi connectivity index (χ4n) is 2.64. The van der Waals surface area contributed by atoms with Crippen molar-refractivity contribution in [3.05, 3.63) is 29.8 Å². The van der Waals surface area contributed by atoms with E-state index >= 15 is 0 Å². The Labute approximate surface area is 124 Å². The lowest BCUT2D eigenvalue weighted by atomic mass is 9.98. The molecule has 1 aromatic rings. The quantitative estimate of drug-likeness (QED) is 0.813. The molecule has 2 rings (SSSR count). The second-order valence-corrected chi connectivity index (χ2v) is 5.38. The number of aliphatic carboxylic acids is 1. The summed E-state index contributed by atoms with van der Waals surface area (Å²) in [7, 11) is 1.59. The normalized spacial score (nSPS) is 19.2. The fourth-order valence-corrected chi connectivity index (χ4v) is 2.64. The topological polar surface area (TPSA) is 66.8 Å². The number of methoxy groups -OCH3 is 1. The SMILES string of the molecule is COc1ccc(C(=O)CCN2CCCC(C(=O)O)C2)cc1. The molecule has 1 aliphatic heterocycles. The summed E-state index contributed by atoms with van der Waals surface area (Å²) in [5.41, 5.74) is 0.669. The minimum Gasteiger partial charge on any atom is -0.497 e. The van der Waals surface area contributed by atoms with Crippen LogP contribution in [0.15, 0.2) is 24.3 Å². The van der Waals surface area contributed by atoms with Crippen molar-refractivity contribution in [1.82, 2.24) is 4.90 Å². The molecular formula is C16H21NO4. The molecule has 1 N–H and O–H groups in total. The summed E-state index contributed by atoms with van der Waals surface area (Å²) in [5, 5.41) is 9.06. The molecule has 0 saturated carbocycles. The predicted octanol–water partition coefficient (Wildman–Crippen LogP) is 2.06. The van der Waals surface area contributed by atoms with Crippen molar-refractivity contribution < 1.29 is 19.4 Å². The average Bonchev–Trinajstić information content (AvgIpc) is 2.53. The zero-order valence-corrected chi connectivity index (χ0v) is 12.2. The van der Waals surface area contributed by atoms with E-state index in [2.05, 4.69) is 4.90 Å². The third-order valence-electron chi connectivity index (χ3n) is 3.92. The molecule has 5 heteroatoms. The monoisotopic (exact) mass is 291 g/mol. The largest absolute Gasteiger partial charge is 0.497 e. The predicted molar refractivity (Wildman–Crippen MR) is 78.7 cm³/mol. The summed E-state index contributed by atoms with van der Waals surface area (Å²) in [5.74, 6) is -0.224. The summed E-state index contributed by atoms with van der Waals surface area (Å²) >= 11 is 0. The van der Waals surface area contributed by atoms with Gasteiger partial charge >= 0.3 is 5.97 Å². The van der Waals surface area contributed by atoms with Crippen LogP contribution in [-0.4, -0.2) is 48.5 Å². The molecule has 1 aliphatic rings. The lowest BCUT2D eigenvalue weighted by Gasteiger charge is -2.30. The summed E-state index contributed by atoms with van der Waals surface area (Å²) in [4.78, 5) is 25.2. The van der Waals surface area contributed by atoms with Crippen molar-refractivity contribution in [2.75, 3.05) is 26.7 Å². The number of hydrogen-bond acceptors (Lipinski definition) is 4. The van der Waals surface area contributed by atoms with E-state index in [-0.39, 0.29) is 11.7 Å². The summed E-state index contributed by atoms with van der Waals surface area (Å²) in [6.07, 6.45) is 2.03. The Morgan fingerprint density at radius 3 is 2.67 bits per heavy atom. The summed E-state index contributed by atoms with van der Waals surface area (Å²) in [6, 6.07) is 7.07. The van der Waals surface area contributed by atoms with Gasteiger partial charge in [-0.2, -0.15) is 0 Å². The van der Waals surface area contributed by atoms with Crippen LogP contribution in [-0.2, 0) is 4.79 Å². The molecule has 0 bridgehead atoms. The molecule has 1 fully saturated rings. The maximum absolute atomic E-state index is 12.1. The van der Waals surface area contributed by atoms with Gasteiger partial charge in [-0.05, 0) is 43.7 Å². The van der Waals surface area contributed by atoms with E-state index in [0.29, 0.717) is 25.1 Å². The van der Waals surface area contributed by atoms with Gasteiger partial charge in [-0.1, -0.05) is 0 Å². The molecule has 1 unspecified atom stereocenters. The maximum Gasteiger partial charge on any atom is 0.307 e. The molecule has 0 spiro atoms. The van der Waals surface area contributed by atoms with Crippen LogP contribution in [0.3, 0.4) is 0 Å². The summed E-state index contributed by atoms with van der Waals surface area (Å²) < 4.78 is 5.06. The number of likely N-dealkylation sites (tertiary alicyclic amines) is 1. The number of benzene rings is 1. The number of ketones is 1. The van der Waals surface area contributed by atoms with Crippen molar-refractivity contribution in [2.24, 2.45) is 5.92 Å². The van der Waals surface area contributed by atoms with Gasteiger partial charge in [0.2, 0.25) is 0 Å². The van der Waals surface area contributed by atoms with E-state index in [4.69, 9.17) is 9.84 Å². The molecule has 1 aromatic carbocycles. The molecule has 0 aliphatic carbocycles. The molecule has 1 saturated heterocycles. The molecule has 1 heterocycles. The van der Waals surface area contributed by atoms with Crippen LogP contribution < -0.4 is 4.74 Å². The van der Waals surface area contributed by atoms with Gasteiger partial charge in [0.15, 0.2) is 5.78 Å². The van der Waals surface area contributed by atoms with Crippen LogP contribution >= 0.6 is 0 Å². The zero-order chi connectivity index (χ0) is 15.2. The highest BCUT2D eigenvalue weighted by Gasteiger charge is 2.25. The Hall–Kier alpha value is -1.88. The Kier molecular flexibility index (Phi) is 5.33. The van der Waals surface area contributed by atoms with Gasteiger partial charge in [-0.3, -0.25) is 9.59 Å². The maximum atomic E-state index is 12.1. The highest BCUT2D eigenvalue weighted by atomic mass is 16.5. The van der Waals surface area contributed by atoms with E-state index in [1.54, 1.807) is 31.4 Å². The second kappa shape index (κ2) is 7.22. The van der Waals surface area contributed by atoms with Crippen LogP contribution in [0, 0.1) is 5.92 Å². The molecule has 114 valence electrons. The number of nitrogens with zero attached hydrogens (tertiary/aromatic N) is 1. The van der Waals surface area contributed by atoms with Crippen molar-refractivity contribution in [3.63, 3.8) is 0 Å². The van der Waals surface area contributed by atoms with Gasteiger partial charge < -0.3 is 14.7 Å². The Morgan fingerprint density at radius 2 is 2.05 bits per heavy atom. The van der Waals surface area contributed by atoms with Gasteiger partial charge in [0.25, 0.3) is 0 Å². The van der Waals surface area contributed by atoms with Crippen LogP contribution in [0.4, 0.5) is 0 Å². The van der Waals surface area contributed by atoms with Crippen molar-refractivity contribution in [1.29, 1.82) is 0 Å². The number of Topliss-reactive ketones (excluding diaryl/α,β-unsaturated/α-hetero) is 1. The van der Waals surface area contributed by atoms with Crippen LogP contribution in [0.25, 0.3) is 0 Å². The smallest absolute Gasteiger partial charge is 0.307 e. The van der Waals surface area contributed by atoms with Gasteiger partial charge in [0.1, 0.15) is 5.75 Å². The number of carboxylic acids is 1. The standard InChI is InChI=1S/C16H21NO4/c1-21-14-6-4-12(5-7-14)15(18)8-10-17-9-2-3-13(11-17)16(19)20/h4-7,13H,2-3,8-11H2,1H3,(H,19,20). The van der Waals surface area contributed by atoms with E-state index in [1.807, 2.05) is 0 Å². The first-order chi connectivity index (χ1) is 10.1. The first-order valence-electron chi connectivity index (χ1n) is 7.22. The molecule has 0 aromatic heterocycles. The van der Waals surface area contributed by atoms with E-state index < -0.39 is 5.97 Å². The number of rotatable bonds is 6. The Morgan fingerprint density at radius 1 is 1.33 bits per heavy atom. The minimum absolute atomic E-state index is 0.0788. The lowest BCUT2D eigenvalue weighted by molar-refractivity contribution is -0.143. The molecule has 0 amide bonds. The fraction of sp³-hybridized carbons (Fsp3) is 0.500. The number of ether oxygens (including phenoxy) is 1. The van der Waals surface area contributed by atoms with E-state index in [0.717, 1.165) is 25.1 Å². The van der Waals surface area contributed by atoms with E-state index in [9.17, 15) is 9.59 Å². The summed E-state index contributed by atoms with van der Waals surface area (Å²) in [6.45, 7) is 2.04. The van der Waals surface area contributed by atoms with Crippen LogP contribution in [0.1, 0.15) is 29.6 Å². The highest BCUT2D eigenvalue weighted by Crippen LogP contribution is 2.18. The van der Waals surface area contributed by atoms with Gasteiger partial charge in [-0.25, -0.2) is 0 Å². The first kappa shape index (κ1) is 15.5. The highest BCUT2D eigenvalue weighted by molar-refractivity contribution is 5.96. The molecule has 5 nitrogen and oxygen atoms in total. The number of carbonyl (C=O) groups is 2. The molecule has 1 atom stereocenters. The lowest BCUT2D eigenvalue weighted by Crippen LogP contribution is -2.39. The number of hydrogen-bond donors (Lipinski definition) is 1. The van der Waals surface area contributed by atoms with Gasteiger partial charge in [-0.15, -0.1) is 0 Å². The van der Waals surface area contributed by atoms with E-state index in [1.165, 1.54) is 0 Å².